The maximum atomic E-state index is 12.6. The highest BCUT2D eigenvalue weighted by Gasteiger charge is 2.52. The lowest BCUT2D eigenvalue weighted by Crippen LogP contribution is -2.41. The van der Waals surface area contributed by atoms with E-state index in [-0.39, 0.29) is 11.5 Å². The summed E-state index contributed by atoms with van der Waals surface area (Å²) in [7, 11) is -0.525. The summed E-state index contributed by atoms with van der Waals surface area (Å²) in [5, 5.41) is 0.574. The van der Waals surface area contributed by atoms with Crippen LogP contribution in [-0.2, 0) is 9.31 Å². The lowest BCUT2D eigenvalue weighted by Gasteiger charge is -2.32. The van der Waals surface area contributed by atoms with Crippen molar-refractivity contribution < 1.29 is 18.5 Å². The zero-order valence-corrected chi connectivity index (χ0v) is 19.2. The molecule has 2 heterocycles. The zero-order chi connectivity index (χ0) is 22.6. The maximum Gasteiger partial charge on any atom is 0.498 e. The second kappa shape index (κ2) is 7.54. The Labute approximate surface area is 183 Å². The highest BCUT2D eigenvalue weighted by Crippen LogP contribution is 2.37. The summed E-state index contributed by atoms with van der Waals surface area (Å²) in [5.41, 5.74) is 2.89. The van der Waals surface area contributed by atoms with E-state index >= 15 is 0 Å². The molecule has 0 N–H and O–H groups in total. The van der Waals surface area contributed by atoms with Crippen molar-refractivity contribution in [1.29, 1.82) is 0 Å². The minimum absolute atomic E-state index is 0.0176. The highest BCUT2D eigenvalue weighted by atomic mass is 16.7. The van der Waals surface area contributed by atoms with Gasteiger partial charge in [0, 0.05) is 16.6 Å². The summed E-state index contributed by atoms with van der Waals surface area (Å²) < 4.78 is 24.7. The van der Waals surface area contributed by atoms with E-state index in [1.807, 2.05) is 77.9 Å². The van der Waals surface area contributed by atoms with Gasteiger partial charge < -0.3 is 18.5 Å². The Morgan fingerprint density at radius 2 is 1.65 bits per heavy atom. The summed E-state index contributed by atoms with van der Waals surface area (Å²) >= 11 is 0. The van der Waals surface area contributed by atoms with Crippen LogP contribution in [0.25, 0.3) is 11.0 Å². The van der Waals surface area contributed by atoms with Gasteiger partial charge in [-0.25, -0.2) is 0 Å². The number of hydrogen-bond donors (Lipinski definition) is 0. The molecule has 1 atom stereocenters. The molecule has 5 nitrogen and oxygen atoms in total. The Hall–Kier alpha value is -2.57. The Balaban J connectivity index is 1.71. The lowest BCUT2D eigenvalue weighted by atomic mass is 9.78. The van der Waals surface area contributed by atoms with Gasteiger partial charge in [-0.2, -0.15) is 0 Å². The number of fused-ring (bicyclic) bond motifs is 1. The van der Waals surface area contributed by atoms with Crippen molar-refractivity contribution in [2.75, 3.05) is 0 Å². The first-order valence-electron chi connectivity index (χ1n) is 10.6. The van der Waals surface area contributed by atoms with Crippen molar-refractivity contribution in [3.8, 4) is 5.75 Å². The third-order valence-corrected chi connectivity index (χ3v) is 6.39. The second-order valence-corrected chi connectivity index (χ2v) is 9.36. The number of rotatable bonds is 4. The first kappa shape index (κ1) is 21.7. The molecule has 0 bridgehead atoms. The SMILES string of the molecule is Cc1cc(C(C)Oc2ccccc2B2OC(C)(C)C(C)(C)O2)c2occ(C)c(=O)c2c1. The van der Waals surface area contributed by atoms with Gasteiger partial charge in [-0.1, -0.05) is 18.2 Å². The summed E-state index contributed by atoms with van der Waals surface area (Å²) in [5.74, 6) is 0.678. The van der Waals surface area contributed by atoms with Crippen LogP contribution in [0.15, 0.2) is 51.9 Å². The number of hydrogen-bond acceptors (Lipinski definition) is 5. The molecule has 1 fully saturated rings. The van der Waals surface area contributed by atoms with Gasteiger partial charge in [0.25, 0.3) is 0 Å². The van der Waals surface area contributed by atoms with Crippen LogP contribution in [0, 0.1) is 13.8 Å². The molecule has 2 aromatic carbocycles. The maximum absolute atomic E-state index is 12.6. The molecule has 1 saturated heterocycles. The Morgan fingerprint density at radius 3 is 2.32 bits per heavy atom. The van der Waals surface area contributed by atoms with E-state index in [1.54, 1.807) is 6.92 Å². The van der Waals surface area contributed by atoms with Crippen LogP contribution in [0.2, 0.25) is 0 Å². The van der Waals surface area contributed by atoms with Crippen molar-refractivity contribution >= 4 is 23.6 Å². The largest absolute Gasteiger partial charge is 0.498 e. The van der Waals surface area contributed by atoms with Gasteiger partial charge in [0.15, 0.2) is 5.43 Å². The van der Waals surface area contributed by atoms with Crippen LogP contribution in [0.1, 0.15) is 57.4 Å². The molecule has 31 heavy (non-hydrogen) atoms. The predicted octanol–water partition coefficient (Wildman–Crippen LogP) is 4.85. The van der Waals surface area contributed by atoms with Crippen molar-refractivity contribution in [2.24, 2.45) is 0 Å². The van der Waals surface area contributed by atoms with Crippen LogP contribution in [0.5, 0.6) is 5.75 Å². The molecule has 1 unspecified atom stereocenters. The van der Waals surface area contributed by atoms with Crippen LogP contribution in [0.3, 0.4) is 0 Å². The molecule has 1 aliphatic rings. The minimum Gasteiger partial charge on any atom is -0.486 e. The van der Waals surface area contributed by atoms with Crippen molar-refractivity contribution in [2.45, 2.75) is 65.8 Å². The third kappa shape index (κ3) is 3.79. The molecule has 0 spiro atoms. The summed E-state index contributed by atoms with van der Waals surface area (Å²) in [6, 6.07) is 11.6. The quantitative estimate of drug-likeness (QED) is 0.565. The van der Waals surface area contributed by atoms with E-state index in [2.05, 4.69) is 0 Å². The third-order valence-electron chi connectivity index (χ3n) is 6.39. The fraction of sp³-hybridized carbons (Fsp3) is 0.400. The molecule has 162 valence electrons. The average Bonchev–Trinajstić information content (AvgIpc) is 2.92. The molecule has 0 radical (unpaired) electrons. The van der Waals surface area contributed by atoms with Gasteiger partial charge >= 0.3 is 7.12 Å². The second-order valence-electron chi connectivity index (χ2n) is 9.36. The number of benzene rings is 2. The van der Waals surface area contributed by atoms with Crippen molar-refractivity contribution in [1.82, 2.24) is 0 Å². The van der Waals surface area contributed by atoms with E-state index < -0.39 is 18.3 Å². The van der Waals surface area contributed by atoms with Gasteiger partial charge in [-0.05, 0) is 72.2 Å². The highest BCUT2D eigenvalue weighted by molar-refractivity contribution is 6.63. The van der Waals surface area contributed by atoms with Gasteiger partial charge in [-0.15, -0.1) is 0 Å². The number of ether oxygens (including phenoxy) is 1. The van der Waals surface area contributed by atoms with E-state index in [9.17, 15) is 4.79 Å². The number of para-hydroxylation sites is 1. The van der Waals surface area contributed by atoms with Crippen LogP contribution in [-0.4, -0.2) is 18.3 Å². The topological polar surface area (TPSA) is 57.9 Å². The van der Waals surface area contributed by atoms with E-state index in [1.165, 1.54) is 6.26 Å². The molecule has 3 aromatic rings. The van der Waals surface area contributed by atoms with Crippen LogP contribution >= 0.6 is 0 Å². The summed E-state index contributed by atoms with van der Waals surface area (Å²) in [6.07, 6.45) is 1.16. The van der Waals surface area contributed by atoms with Crippen LogP contribution < -0.4 is 15.6 Å². The molecular formula is C25H29BO5. The van der Waals surface area contributed by atoms with Gasteiger partial charge in [0.1, 0.15) is 17.4 Å². The van der Waals surface area contributed by atoms with Gasteiger partial charge in [0.05, 0.1) is 22.9 Å². The standard InChI is InChI=1S/C25H29BO5/c1-15-12-18(23-19(13-15)22(27)16(2)14-28-23)17(3)29-21-11-9-8-10-20(21)26-30-24(4,5)25(6,7)31-26/h8-14,17H,1-7H3. The molecule has 1 aromatic heterocycles. The molecule has 1 aliphatic heterocycles. The fourth-order valence-electron chi connectivity index (χ4n) is 3.82. The Bertz CT molecular complexity index is 1180. The molecule has 6 heteroatoms. The Morgan fingerprint density at radius 1 is 1.00 bits per heavy atom. The average molecular weight is 420 g/mol. The minimum atomic E-state index is -0.525. The summed E-state index contributed by atoms with van der Waals surface area (Å²) in [6.45, 7) is 13.8. The first-order chi connectivity index (χ1) is 14.5. The number of aryl methyl sites for hydroxylation is 2. The first-order valence-corrected chi connectivity index (χ1v) is 10.6. The van der Waals surface area contributed by atoms with Crippen molar-refractivity contribution in [3.63, 3.8) is 0 Å². The van der Waals surface area contributed by atoms with Crippen LogP contribution in [0.4, 0.5) is 0 Å². The van der Waals surface area contributed by atoms with E-state index in [0.29, 0.717) is 22.3 Å². The molecule has 0 aliphatic carbocycles. The van der Waals surface area contributed by atoms with E-state index in [0.717, 1.165) is 16.6 Å². The molecule has 0 saturated carbocycles. The predicted molar refractivity (Wildman–Crippen MR) is 123 cm³/mol. The van der Waals surface area contributed by atoms with E-state index in [4.69, 9.17) is 18.5 Å². The normalized spacial score (nSPS) is 18.4. The van der Waals surface area contributed by atoms with Gasteiger partial charge in [-0.3, -0.25) is 4.79 Å². The molecular weight excluding hydrogens is 391 g/mol. The zero-order valence-electron chi connectivity index (χ0n) is 19.2. The summed E-state index contributed by atoms with van der Waals surface area (Å²) in [4.78, 5) is 12.6. The fourth-order valence-corrected chi connectivity index (χ4v) is 3.82. The van der Waals surface area contributed by atoms with Gasteiger partial charge in [0.2, 0.25) is 0 Å². The van der Waals surface area contributed by atoms with Crippen molar-refractivity contribution in [3.05, 3.63) is 69.6 Å². The Kier molecular flexibility index (Phi) is 5.27. The lowest BCUT2D eigenvalue weighted by molar-refractivity contribution is 0.00578. The molecule has 4 rings (SSSR count). The monoisotopic (exact) mass is 420 g/mol. The molecule has 0 amide bonds. The smallest absolute Gasteiger partial charge is 0.486 e.